The summed E-state index contributed by atoms with van der Waals surface area (Å²) in [7, 11) is 0. The Morgan fingerprint density at radius 1 is 1.15 bits per heavy atom. The molecule has 1 saturated heterocycles. The van der Waals surface area contributed by atoms with Crippen LogP contribution in [-0.2, 0) is 6.54 Å². The van der Waals surface area contributed by atoms with Crippen LogP contribution in [0.5, 0.6) is 0 Å². The van der Waals surface area contributed by atoms with E-state index in [4.69, 9.17) is 0 Å². The predicted molar refractivity (Wildman–Crippen MR) is 113 cm³/mol. The van der Waals surface area contributed by atoms with Crippen molar-refractivity contribution >= 4 is 29.5 Å². The molecular weight excluding hydrogens is 364 g/mol. The van der Waals surface area contributed by atoms with Crippen LogP contribution in [0.2, 0.25) is 0 Å². The zero-order valence-corrected chi connectivity index (χ0v) is 16.6. The van der Waals surface area contributed by atoms with Crippen molar-refractivity contribution in [2.75, 3.05) is 36.4 Å². The van der Waals surface area contributed by atoms with E-state index in [2.05, 4.69) is 53.6 Å². The van der Waals surface area contributed by atoms with Crippen LogP contribution in [0.25, 0.3) is 0 Å². The molecule has 0 spiro atoms. The van der Waals surface area contributed by atoms with Crippen LogP contribution in [0.1, 0.15) is 30.9 Å². The number of hydrogen-bond donors (Lipinski definition) is 2. The number of nitro benzene ring substituents is 1. The standard InChI is InChI=1S/C20H26N4O2.ClH/c1-15(2)17-5-3-16(4-6-17)14-22-19-13-18(7-8-20(19)24(25)26)23-11-9-21-10-12-23;/h3-8,13,15,21-22H,9-12,14H2,1-2H3;1H. The first-order valence-electron chi connectivity index (χ1n) is 9.11. The van der Waals surface area contributed by atoms with Gasteiger partial charge in [-0.15, -0.1) is 12.4 Å². The molecule has 0 aromatic heterocycles. The van der Waals surface area contributed by atoms with E-state index in [1.807, 2.05) is 12.1 Å². The van der Waals surface area contributed by atoms with Gasteiger partial charge in [0.15, 0.2) is 0 Å². The molecule has 146 valence electrons. The van der Waals surface area contributed by atoms with Gasteiger partial charge in [0.2, 0.25) is 0 Å². The van der Waals surface area contributed by atoms with Gasteiger partial charge in [-0.2, -0.15) is 0 Å². The molecular formula is C20H27ClN4O2. The third-order valence-corrected chi connectivity index (χ3v) is 4.79. The fraction of sp³-hybridized carbons (Fsp3) is 0.400. The van der Waals surface area contributed by atoms with Crippen LogP contribution >= 0.6 is 12.4 Å². The lowest BCUT2D eigenvalue weighted by atomic mass is 10.0. The normalized spacial score (nSPS) is 14.0. The summed E-state index contributed by atoms with van der Waals surface area (Å²) in [5.41, 5.74) is 4.10. The summed E-state index contributed by atoms with van der Waals surface area (Å²) < 4.78 is 0. The molecule has 3 rings (SSSR count). The van der Waals surface area contributed by atoms with Gasteiger partial charge in [-0.3, -0.25) is 10.1 Å². The lowest BCUT2D eigenvalue weighted by molar-refractivity contribution is -0.384. The summed E-state index contributed by atoms with van der Waals surface area (Å²) in [5.74, 6) is 0.494. The Hall–Kier alpha value is -2.31. The second-order valence-electron chi connectivity index (χ2n) is 6.95. The number of rotatable bonds is 6. The number of benzene rings is 2. The summed E-state index contributed by atoms with van der Waals surface area (Å²) in [4.78, 5) is 13.3. The van der Waals surface area contributed by atoms with E-state index in [1.165, 1.54) is 5.56 Å². The van der Waals surface area contributed by atoms with Crippen molar-refractivity contribution in [3.05, 3.63) is 63.7 Å². The molecule has 0 saturated carbocycles. The van der Waals surface area contributed by atoms with Gasteiger partial charge in [-0.1, -0.05) is 38.1 Å². The molecule has 0 bridgehead atoms. The minimum atomic E-state index is -0.328. The van der Waals surface area contributed by atoms with Gasteiger partial charge in [-0.05, 0) is 29.2 Å². The minimum absolute atomic E-state index is 0. The quantitative estimate of drug-likeness (QED) is 0.572. The van der Waals surface area contributed by atoms with E-state index in [-0.39, 0.29) is 23.0 Å². The maximum absolute atomic E-state index is 11.4. The maximum Gasteiger partial charge on any atom is 0.292 e. The summed E-state index contributed by atoms with van der Waals surface area (Å²) in [6.45, 7) is 8.58. The summed E-state index contributed by atoms with van der Waals surface area (Å²) in [5, 5.41) is 18.0. The van der Waals surface area contributed by atoms with E-state index in [9.17, 15) is 10.1 Å². The molecule has 1 fully saturated rings. The molecule has 0 atom stereocenters. The highest BCUT2D eigenvalue weighted by Gasteiger charge is 2.17. The van der Waals surface area contributed by atoms with Gasteiger partial charge in [0.1, 0.15) is 5.69 Å². The Labute approximate surface area is 166 Å². The van der Waals surface area contributed by atoms with Gasteiger partial charge < -0.3 is 15.5 Å². The molecule has 7 heteroatoms. The lowest BCUT2D eigenvalue weighted by Gasteiger charge is -2.29. The fourth-order valence-electron chi connectivity index (χ4n) is 3.16. The van der Waals surface area contributed by atoms with Crippen molar-refractivity contribution < 1.29 is 4.92 Å². The van der Waals surface area contributed by atoms with Gasteiger partial charge in [0.25, 0.3) is 5.69 Å². The van der Waals surface area contributed by atoms with Gasteiger partial charge in [0, 0.05) is 44.5 Å². The molecule has 1 aliphatic heterocycles. The van der Waals surface area contributed by atoms with E-state index in [0.717, 1.165) is 37.4 Å². The van der Waals surface area contributed by atoms with Crippen LogP contribution in [0, 0.1) is 10.1 Å². The number of nitro groups is 1. The van der Waals surface area contributed by atoms with Crippen molar-refractivity contribution in [2.45, 2.75) is 26.3 Å². The first kappa shape index (κ1) is 21.0. The highest BCUT2D eigenvalue weighted by atomic mass is 35.5. The fourth-order valence-corrected chi connectivity index (χ4v) is 3.16. The largest absolute Gasteiger partial charge is 0.375 e. The summed E-state index contributed by atoms with van der Waals surface area (Å²) >= 11 is 0. The zero-order chi connectivity index (χ0) is 18.5. The number of piperazine rings is 1. The molecule has 2 aromatic carbocycles. The van der Waals surface area contributed by atoms with Gasteiger partial charge in [-0.25, -0.2) is 0 Å². The number of nitrogens with zero attached hydrogens (tertiary/aromatic N) is 2. The third kappa shape index (κ3) is 5.34. The van der Waals surface area contributed by atoms with Gasteiger partial charge in [0.05, 0.1) is 4.92 Å². The van der Waals surface area contributed by atoms with Gasteiger partial charge >= 0.3 is 0 Å². The second-order valence-corrected chi connectivity index (χ2v) is 6.95. The topological polar surface area (TPSA) is 70.4 Å². The number of hydrogen-bond acceptors (Lipinski definition) is 5. The van der Waals surface area contributed by atoms with E-state index in [0.29, 0.717) is 18.2 Å². The molecule has 0 amide bonds. The van der Waals surface area contributed by atoms with Crippen LogP contribution in [-0.4, -0.2) is 31.1 Å². The highest BCUT2D eigenvalue weighted by molar-refractivity contribution is 5.85. The minimum Gasteiger partial charge on any atom is -0.375 e. The molecule has 0 aliphatic carbocycles. The first-order valence-corrected chi connectivity index (χ1v) is 9.11. The Balaban J connectivity index is 0.00000261. The van der Waals surface area contributed by atoms with Crippen LogP contribution in [0.15, 0.2) is 42.5 Å². The lowest BCUT2D eigenvalue weighted by Crippen LogP contribution is -2.43. The number of anilines is 2. The average molecular weight is 391 g/mol. The molecule has 1 heterocycles. The Kier molecular flexibility index (Phi) is 7.45. The number of nitrogens with one attached hydrogen (secondary N) is 2. The van der Waals surface area contributed by atoms with Crippen molar-refractivity contribution in [1.29, 1.82) is 0 Å². The summed E-state index contributed by atoms with van der Waals surface area (Å²) in [6, 6.07) is 13.7. The molecule has 1 aliphatic rings. The monoisotopic (exact) mass is 390 g/mol. The van der Waals surface area contributed by atoms with Crippen LogP contribution in [0.3, 0.4) is 0 Å². The average Bonchev–Trinajstić information content (AvgIpc) is 2.67. The first-order chi connectivity index (χ1) is 12.5. The van der Waals surface area contributed by atoms with Crippen LogP contribution < -0.4 is 15.5 Å². The molecule has 6 nitrogen and oxygen atoms in total. The summed E-state index contributed by atoms with van der Waals surface area (Å²) in [6.07, 6.45) is 0. The maximum atomic E-state index is 11.4. The van der Waals surface area contributed by atoms with E-state index < -0.39 is 0 Å². The van der Waals surface area contributed by atoms with E-state index in [1.54, 1.807) is 6.07 Å². The Morgan fingerprint density at radius 2 is 1.81 bits per heavy atom. The van der Waals surface area contributed by atoms with Crippen molar-refractivity contribution in [3.63, 3.8) is 0 Å². The van der Waals surface area contributed by atoms with Crippen LogP contribution in [0.4, 0.5) is 17.1 Å². The van der Waals surface area contributed by atoms with Crippen molar-refractivity contribution in [1.82, 2.24) is 5.32 Å². The zero-order valence-electron chi connectivity index (χ0n) is 15.8. The van der Waals surface area contributed by atoms with Crippen molar-refractivity contribution in [2.24, 2.45) is 0 Å². The smallest absolute Gasteiger partial charge is 0.292 e. The highest BCUT2D eigenvalue weighted by Crippen LogP contribution is 2.30. The predicted octanol–water partition coefficient (Wildman–Crippen LogP) is 4.16. The van der Waals surface area contributed by atoms with Crippen molar-refractivity contribution in [3.8, 4) is 0 Å². The Morgan fingerprint density at radius 3 is 2.41 bits per heavy atom. The Bertz CT molecular complexity index is 759. The molecule has 0 unspecified atom stereocenters. The molecule has 0 radical (unpaired) electrons. The molecule has 2 aromatic rings. The third-order valence-electron chi connectivity index (χ3n) is 4.79. The molecule has 27 heavy (non-hydrogen) atoms. The molecule has 2 N–H and O–H groups in total. The number of halogens is 1. The van der Waals surface area contributed by atoms with E-state index >= 15 is 0 Å². The SMILES string of the molecule is CC(C)c1ccc(CNc2cc(N3CCNCC3)ccc2[N+](=O)[O-])cc1.Cl. The second kappa shape index (κ2) is 9.58.